The summed E-state index contributed by atoms with van der Waals surface area (Å²) in [6, 6.07) is 18.3. The number of benzene rings is 3. The fraction of sp³-hybridized carbons (Fsp3) is 0.174. The van der Waals surface area contributed by atoms with Crippen LogP contribution in [-0.2, 0) is 14.8 Å². The third-order valence-corrected chi connectivity index (χ3v) is 6.71. The van der Waals surface area contributed by atoms with Gasteiger partial charge in [0, 0.05) is 5.02 Å². The molecule has 0 spiro atoms. The third-order valence-electron chi connectivity index (χ3n) is 4.70. The number of anilines is 2. The smallest absolute Gasteiger partial charge is 0.264 e. The quantitative estimate of drug-likeness (QED) is 0.551. The summed E-state index contributed by atoms with van der Waals surface area (Å²) in [6.07, 6.45) is 0. The van der Waals surface area contributed by atoms with Crippen LogP contribution in [0.3, 0.4) is 0 Å². The second-order valence-corrected chi connectivity index (χ2v) is 9.30. The summed E-state index contributed by atoms with van der Waals surface area (Å²) in [5.74, 6) is -0.0269. The number of sulfonamides is 1. The minimum absolute atomic E-state index is 0.0949. The first-order valence-electron chi connectivity index (χ1n) is 9.51. The number of rotatable bonds is 7. The Morgan fingerprint density at radius 2 is 1.71 bits per heavy atom. The Morgan fingerprint density at radius 1 is 1.03 bits per heavy atom. The summed E-state index contributed by atoms with van der Waals surface area (Å²) < 4.78 is 33.3. The van der Waals surface area contributed by atoms with E-state index in [0.717, 1.165) is 9.87 Å². The van der Waals surface area contributed by atoms with Gasteiger partial charge in [0.25, 0.3) is 10.0 Å². The van der Waals surface area contributed by atoms with Gasteiger partial charge in [-0.3, -0.25) is 9.10 Å². The summed E-state index contributed by atoms with van der Waals surface area (Å²) in [6.45, 7) is 3.20. The molecule has 3 aromatic rings. The molecule has 162 valence electrons. The lowest BCUT2D eigenvalue weighted by Gasteiger charge is -2.26. The molecule has 0 aliphatic carbocycles. The highest BCUT2D eigenvalue weighted by Crippen LogP contribution is 2.29. The van der Waals surface area contributed by atoms with Crippen LogP contribution >= 0.6 is 11.6 Å². The molecule has 0 aliphatic heterocycles. The molecule has 0 fully saturated rings. The van der Waals surface area contributed by atoms with Crippen molar-refractivity contribution in [3.05, 3.63) is 82.9 Å². The maximum Gasteiger partial charge on any atom is 0.264 e. The monoisotopic (exact) mass is 458 g/mol. The van der Waals surface area contributed by atoms with Crippen molar-refractivity contribution >= 4 is 38.9 Å². The van der Waals surface area contributed by atoms with Crippen molar-refractivity contribution < 1.29 is 17.9 Å². The fourth-order valence-electron chi connectivity index (χ4n) is 3.10. The maximum atomic E-state index is 13.5. The van der Waals surface area contributed by atoms with Gasteiger partial charge < -0.3 is 10.1 Å². The molecule has 31 heavy (non-hydrogen) atoms. The molecule has 0 heterocycles. The molecule has 0 aliphatic rings. The molecule has 8 heteroatoms. The van der Waals surface area contributed by atoms with Gasteiger partial charge in [-0.2, -0.15) is 0 Å². The molecule has 0 saturated carbocycles. The minimum Gasteiger partial charge on any atom is -0.495 e. The van der Waals surface area contributed by atoms with Crippen LogP contribution in [0.25, 0.3) is 0 Å². The predicted octanol–water partition coefficient (Wildman–Crippen LogP) is 4.80. The first-order chi connectivity index (χ1) is 14.7. The minimum atomic E-state index is -4.01. The van der Waals surface area contributed by atoms with Crippen LogP contribution < -0.4 is 14.4 Å². The van der Waals surface area contributed by atoms with Gasteiger partial charge in [-0.05, 0) is 61.9 Å². The molecule has 0 unspecified atom stereocenters. The lowest BCUT2D eigenvalue weighted by Crippen LogP contribution is -2.38. The normalized spacial score (nSPS) is 11.1. The Kier molecular flexibility index (Phi) is 6.87. The predicted molar refractivity (Wildman–Crippen MR) is 124 cm³/mol. The van der Waals surface area contributed by atoms with E-state index in [1.54, 1.807) is 61.5 Å². The summed E-state index contributed by atoms with van der Waals surface area (Å²) in [7, 11) is -2.51. The van der Waals surface area contributed by atoms with Crippen LogP contribution in [-0.4, -0.2) is 28.0 Å². The van der Waals surface area contributed by atoms with Crippen molar-refractivity contribution in [2.75, 3.05) is 23.3 Å². The second-order valence-electron chi connectivity index (χ2n) is 7.00. The molecule has 3 aromatic carbocycles. The van der Waals surface area contributed by atoms with E-state index in [0.29, 0.717) is 27.7 Å². The van der Waals surface area contributed by atoms with Gasteiger partial charge in [0.05, 0.1) is 23.4 Å². The molecule has 0 saturated heterocycles. The zero-order valence-electron chi connectivity index (χ0n) is 17.4. The summed E-state index contributed by atoms with van der Waals surface area (Å²) in [4.78, 5) is 13.0. The molecular formula is C23H23ClN2O4S. The van der Waals surface area contributed by atoms with Crippen molar-refractivity contribution in [1.82, 2.24) is 0 Å². The molecule has 0 atom stereocenters. The van der Waals surface area contributed by atoms with E-state index < -0.39 is 22.5 Å². The Labute approximate surface area is 187 Å². The van der Waals surface area contributed by atoms with Gasteiger partial charge in [0.2, 0.25) is 5.91 Å². The highest BCUT2D eigenvalue weighted by atomic mass is 35.5. The van der Waals surface area contributed by atoms with Gasteiger partial charge in [-0.1, -0.05) is 41.4 Å². The van der Waals surface area contributed by atoms with Gasteiger partial charge in [0.1, 0.15) is 12.3 Å². The van der Waals surface area contributed by atoms with Crippen LogP contribution in [0.2, 0.25) is 5.02 Å². The van der Waals surface area contributed by atoms with E-state index in [-0.39, 0.29) is 4.90 Å². The zero-order chi connectivity index (χ0) is 22.6. The number of halogens is 1. The molecule has 1 N–H and O–H groups in total. The van der Waals surface area contributed by atoms with Crippen LogP contribution in [0.15, 0.2) is 71.6 Å². The van der Waals surface area contributed by atoms with Crippen LogP contribution in [0, 0.1) is 13.8 Å². The van der Waals surface area contributed by atoms with E-state index in [1.165, 1.54) is 19.2 Å². The van der Waals surface area contributed by atoms with Gasteiger partial charge in [-0.25, -0.2) is 8.42 Å². The van der Waals surface area contributed by atoms with Crippen molar-refractivity contribution in [1.29, 1.82) is 0 Å². The highest BCUT2D eigenvalue weighted by Gasteiger charge is 2.28. The number of methoxy groups -OCH3 is 1. The van der Waals surface area contributed by atoms with E-state index in [1.807, 2.05) is 6.92 Å². The largest absolute Gasteiger partial charge is 0.495 e. The second kappa shape index (κ2) is 9.41. The maximum absolute atomic E-state index is 13.5. The SMILES string of the molecule is COc1ccccc1NC(=O)CN(c1ccc(Cl)cc1C)S(=O)(=O)c1ccc(C)cc1. The van der Waals surface area contributed by atoms with Gasteiger partial charge >= 0.3 is 0 Å². The van der Waals surface area contributed by atoms with Crippen molar-refractivity contribution in [3.8, 4) is 5.75 Å². The molecule has 0 aromatic heterocycles. The summed E-state index contributed by atoms with van der Waals surface area (Å²) >= 11 is 6.06. The summed E-state index contributed by atoms with van der Waals surface area (Å²) in [5, 5.41) is 3.21. The topological polar surface area (TPSA) is 75.7 Å². The number of amides is 1. The highest BCUT2D eigenvalue weighted by molar-refractivity contribution is 7.92. The van der Waals surface area contributed by atoms with E-state index in [4.69, 9.17) is 16.3 Å². The number of carbonyl (C=O) groups is 1. The number of hydrogen-bond acceptors (Lipinski definition) is 4. The van der Waals surface area contributed by atoms with E-state index >= 15 is 0 Å². The van der Waals surface area contributed by atoms with Crippen molar-refractivity contribution in [2.24, 2.45) is 0 Å². The van der Waals surface area contributed by atoms with Crippen LogP contribution in [0.1, 0.15) is 11.1 Å². The molecule has 0 radical (unpaired) electrons. The third kappa shape index (κ3) is 5.18. The molecule has 6 nitrogen and oxygen atoms in total. The molecule has 1 amide bonds. The van der Waals surface area contributed by atoms with Crippen LogP contribution in [0.5, 0.6) is 5.75 Å². The fourth-order valence-corrected chi connectivity index (χ4v) is 4.82. The molecular weight excluding hydrogens is 436 g/mol. The number of aryl methyl sites for hydroxylation is 2. The Bertz CT molecular complexity index is 1190. The van der Waals surface area contributed by atoms with Crippen molar-refractivity contribution in [3.63, 3.8) is 0 Å². The lowest BCUT2D eigenvalue weighted by atomic mass is 10.2. The average molecular weight is 459 g/mol. The summed E-state index contributed by atoms with van der Waals surface area (Å²) in [5.41, 5.74) is 2.39. The Balaban J connectivity index is 2.00. The average Bonchev–Trinajstić information content (AvgIpc) is 2.73. The number of hydrogen-bond donors (Lipinski definition) is 1. The van der Waals surface area contributed by atoms with Gasteiger partial charge in [0.15, 0.2) is 0 Å². The molecule has 3 rings (SSSR count). The molecule has 0 bridgehead atoms. The Hall–Kier alpha value is -3.03. The zero-order valence-corrected chi connectivity index (χ0v) is 19.0. The van der Waals surface area contributed by atoms with E-state index in [9.17, 15) is 13.2 Å². The van der Waals surface area contributed by atoms with E-state index in [2.05, 4.69) is 5.32 Å². The number of ether oxygens (including phenoxy) is 1. The van der Waals surface area contributed by atoms with Gasteiger partial charge in [-0.15, -0.1) is 0 Å². The Morgan fingerprint density at radius 3 is 2.35 bits per heavy atom. The first kappa shape index (κ1) is 22.7. The first-order valence-corrected chi connectivity index (χ1v) is 11.3. The number of nitrogens with one attached hydrogen (secondary N) is 1. The number of nitrogens with zero attached hydrogens (tertiary/aromatic N) is 1. The lowest BCUT2D eigenvalue weighted by molar-refractivity contribution is -0.114. The van der Waals surface area contributed by atoms with Crippen LogP contribution in [0.4, 0.5) is 11.4 Å². The number of para-hydroxylation sites is 2. The standard InChI is InChI=1S/C23H23ClN2O4S/c1-16-8-11-19(12-9-16)31(28,29)26(21-13-10-18(24)14-17(21)2)15-23(27)25-20-6-4-5-7-22(20)30-3/h4-14H,15H2,1-3H3,(H,25,27). The van der Waals surface area contributed by atoms with Crippen molar-refractivity contribution in [2.45, 2.75) is 18.7 Å². The number of carbonyl (C=O) groups excluding carboxylic acids is 1.